The third kappa shape index (κ3) is 6.34. The molecule has 4 atom stereocenters. The first-order valence-electron chi connectivity index (χ1n) is 13.6. The van der Waals surface area contributed by atoms with E-state index in [0.717, 1.165) is 43.5 Å². The molecule has 2 aliphatic heterocycles. The quantitative estimate of drug-likeness (QED) is 0.400. The van der Waals surface area contributed by atoms with Gasteiger partial charge in [-0.2, -0.15) is 0 Å². The second kappa shape index (κ2) is 11.7. The summed E-state index contributed by atoms with van der Waals surface area (Å²) in [7, 11) is 2.72. The number of hydrogen-bond donors (Lipinski definition) is 2. The van der Waals surface area contributed by atoms with Crippen LogP contribution in [0.5, 0.6) is 11.5 Å². The largest absolute Gasteiger partial charge is 0.497 e. The predicted molar refractivity (Wildman–Crippen MR) is 141 cm³/mol. The molecule has 0 unspecified atom stereocenters. The lowest BCUT2D eigenvalue weighted by molar-refractivity contribution is -0.179. The standard InChI is InChI=1S/C29H41NO9/c1-6-7-11-30-12-8-18-13-21-22(38-17-37-21)14-19(18)25-20(30)15-23(35-4)26(25)39-27(32)29(34,16-24(31)36-5)10-9-28(2,3)33/h13-15,20,25-26,33-34H,6-12,16-17H2,1-5H3/t20-,25-,26+,29+/m0/s1. The van der Waals surface area contributed by atoms with Crippen LogP contribution in [0.3, 0.4) is 0 Å². The zero-order valence-electron chi connectivity index (χ0n) is 23.5. The molecule has 0 amide bonds. The molecule has 1 aromatic carbocycles. The van der Waals surface area contributed by atoms with E-state index in [-0.39, 0.29) is 31.6 Å². The van der Waals surface area contributed by atoms with Crippen LogP contribution >= 0.6 is 0 Å². The molecule has 0 saturated heterocycles. The number of ether oxygens (including phenoxy) is 5. The van der Waals surface area contributed by atoms with Gasteiger partial charge in [0.15, 0.2) is 23.2 Å². The lowest BCUT2D eigenvalue weighted by atomic mass is 9.86. The van der Waals surface area contributed by atoms with Crippen LogP contribution in [-0.2, 0) is 30.2 Å². The van der Waals surface area contributed by atoms with Gasteiger partial charge in [-0.15, -0.1) is 0 Å². The van der Waals surface area contributed by atoms with Crippen LogP contribution < -0.4 is 9.47 Å². The Morgan fingerprint density at radius 2 is 1.85 bits per heavy atom. The number of rotatable bonds is 11. The van der Waals surface area contributed by atoms with Crippen molar-refractivity contribution in [2.75, 3.05) is 34.1 Å². The van der Waals surface area contributed by atoms with Gasteiger partial charge in [0.05, 0.1) is 26.2 Å². The molecule has 0 aromatic heterocycles. The van der Waals surface area contributed by atoms with E-state index < -0.39 is 35.7 Å². The first kappa shape index (κ1) is 29.2. The van der Waals surface area contributed by atoms with Crippen LogP contribution in [0.4, 0.5) is 0 Å². The van der Waals surface area contributed by atoms with E-state index >= 15 is 0 Å². The lowest BCUT2D eigenvalue weighted by Gasteiger charge is -2.34. The Hall–Kier alpha value is -2.82. The van der Waals surface area contributed by atoms with Crippen molar-refractivity contribution >= 4 is 11.9 Å². The van der Waals surface area contributed by atoms with Gasteiger partial charge in [-0.25, -0.2) is 4.79 Å². The normalized spacial score (nSPS) is 23.7. The monoisotopic (exact) mass is 547 g/mol. The molecule has 2 heterocycles. The smallest absolute Gasteiger partial charge is 0.339 e. The minimum Gasteiger partial charge on any atom is -0.497 e. The predicted octanol–water partition coefficient (Wildman–Crippen LogP) is 2.83. The van der Waals surface area contributed by atoms with Crippen molar-refractivity contribution in [3.05, 3.63) is 35.1 Å². The summed E-state index contributed by atoms with van der Waals surface area (Å²) in [4.78, 5) is 28.2. The molecule has 4 rings (SSSR count). The average Bonchev–Trinajstić information content (AvgIpc) is 3.46. The van der Waals surface area contributed by atoms with Gasteiger partial charge in [-0.3, -0.25) is 9.69 Å². The Morgan fingerprint density at radius 1 is 1.13 bits per heavy atom. The number of esters is 2. The van der Waals surface area contributed by atoms with E-state index in [1.165, 1.54) is 14.2 Å². The summed E-state index contributed by atoms with van der Waals surface area (Å²) in [5.74, 6) is -0.235. The second-order valence-corrected chi connectivity index (χ2v) is 11.3. The number of unbranched alkanes of at least 4 members (excludes halogenated alkanes) is 1. The first-order chi connectivity index (χ1) is 18.5. The van der Waals surface area contributed by atoms with Crippen LogP contribution in [0.25, 0.3) is 0 Å². The molecule has 10 heteroatoms. The number of carbonyl (C=O) groups excluding carboxylic acids is 2. The number of carbonyl (C=O) groups is 2. The Labute approximate surface area is 229 Å². The maximum atomic E-state index is 13.7. The summed E-state index contributed by atoms with van der Waals surface area (Å²) in [6.45, 7) is 7.11. The highest BCUT2D eigenvalue weighted by Gasteiger charge is 2.50. The van der Waals surface area contributed by atoms with Crippen molar-refractivity contribution in [3.8, 4) is 11.5 Å². The zero-order chi connectivity index (χ0) is 28.4. The van der Waals surface area contributed by atoms with Gasteiger partial charge in [-0.05, 0) is 75.4 Å². The molecule has 10 nitrogen and oxygen atoms in total. The maximum absolute atomic E-state index is 13.7. The van der Waals surface area contributed by atoms with Gasteiger partial charge < -0.3 is 33.9 Å². The summed E-state index contributed by atoms with van der Waals surface area (Å²) >= 11 is 0. The Kier molecular flexibility index (Phi) is 8.78. The minimum atomic E-state index is -2.19. The minimum absolute atomic E-state index is 0.0659. The number of benzene rings is 1. The molecule has 0 saturated carbocycles. The highest BCUT2D eigenvalue weighted by atomic mass is 16.7. The van der Waals surface area contributed by atoms with Gasteiger partial charge in [0.2, 0.25) is 6.79 Å². The zero-order valence-corrected chi connectivity index (χ0v) is 23.5. The summed E-state index contributed by atoms with van der Waals surface area (Å²) in [5.41, 5.74) is -1.30. The van der Waals surface area contributed by atoms with E-state index in [9.17, 15) is 19.8 Å². The van der Waals surface area contributed by atoms with E-state index in [1.807, 2.05) is 18.2 Å². The molecule has 1 aromatic rings. The number of fused-ring (bicyclic) bond motifs is 4. The van der Waals surface area contributed by atoms with Crippen molar-refractivity contribution in [2.45, 2.75) is 88.6 Å². The first-order valence-corrected chi connectivity index (χ1v) is 13.6. The Morgan fingerprint density at radius 3 is 2.49 bits per heavy atom. The van der Waals surface area contributed by atoms with E-state index in [0.29, 0.717) is 17.3 Å². The number of methoxy groups -OCH3 is 2. The Balaban J connectivity index is 1.71. The van der Waals surface area contributed by atoms with Gasteiger partial charge >= 0.3 is 11.9 Å². The molecule has 2 N–H and O–H groups in total. The molecule has 3 aliphatic rings. The van der Waals surface area contributed by atoms with Crippen molar-refractivity contribution in [1.82, 2.24) is 4.90 Å². The fourth-order valence-electron chi connectivity index (χ4n) is 5.59. The van der Waals surface area contributed by atoms with E-state index in [4.69, 9.17) is 23.7 Å². The summed E-state index contributed by atoms with van der Waals surface area (Å²) < 4.78 is 27.9. The van der Waals surface area contributed by atoms with E-state index in [1.54, 1.807) is 13.8 Å². The van der Waals surface area contributed by atoms with Gasteiger partial charge in [-0.1, -0.05) is 13.3 Å². The molecular weight excluding hydrogens is 506 g/mol. The summed E-state index contributed by atoms with van der Waals surface area (Å²) in [6.07, 6.45) is 3.27. The molecular formula is C29H41NO9. The van der Waals surface area contributed by atoms with Gasteiger partial charge in [0.1, 0.15) is 5.76 Å². The number of nitrogens with zero attached hydrogens (tertiary/aromatic N) is 1. The molecule has 39 heavy (non-hydrogen) atoms. The van der Waals surface area contributed by atoms with Crippen molar-refractivity contribution < 1.29 is 43.5 Å². The fraction of sp³-hybridized carbons (Fsp3) is 0.655. The number of aliphatic hydroxyl groups is 2. The average molecular weight is 548 g/mol. The molecule has 0 bridgehead atoms. The SMILES string of the molecule is CCCCN1CCc2cc3c(cc2[C@@H]2[C@H](OC(=O)[C@@](O)(CCC(C)(C)O)CC(=O)OC)C(OC)=C[C@@H]21)OCO3. The molecule has 1 aliphatic carbocycles. The highest BCUT2D eigenvalue weighted by molar-refractivity contribution is 5.86. The Bertz CT molecular complexity index is 1090. The van der Waals surface area contributed by atoms with Crippen LogP contribution in [-0.4, -0.2) is 84.5 Å². The second-order valence-electron chi connectivity index (χ2n) is 11.3. The third-order valence-corrected chi connectivity index (χ3v) is 7.86. The third-order valence-electron chi connectivity index (χ3n) is 7.86. The van der Waals surface area contributed by atoms with Gasteiger partial charge in [0, 0.05) is 18.5 Å². The molecule has 216 valence electrons. The van der Waals surface area contributed by atoms with Crippen molar-refractivity contribution in [3.63, 3.8) is 0 Å². The highest BCUT2D eigenvalue weighted by Crippen LogP contribution is 2.47. The summed E-state index contributed by atoms with van der Waals surface area (Å²) in [6, 6.07) is 3.84. The molecule has 0 radical (unpaired) electrons. The van der Waals surface area contributed by atoms with Crippen LogP contribution in [0.2, 0.25) is 0 Å². The summed E-state index contributed by atoms with van der Waals surface area (Å²) in [5, 5.41) is 21.7. The van der Waals surface area contributed by atoms with E-state index in [2.05, 4.69) is 11.8 Å². The van der Waals surface area contributed by atoms with Crippen molar-refractivity contribution in [2.24, 2.45) is 0 Å². The topological polar surface area (TPSA) is 124 Å². The van der Waals surface area contributed by atoms with Crippen LogP contribution in [0, 0.1) is 0 Å². The fourth-order valence-corrected chi connectivity index (χ4v) is 5.59. The lowest BCUT2D eigenvalue weighted by Crippen LogP contribution is -2.47. The van der Waals surface area contributed by atoms with Gasteiger partial charge in [0.25, 0.3) is 0 Å². The maximum Gasteiger partial charge on any atom is 0.339 e. The van der Waals surface area contributed by atoms with Crippen molar-refractivity contribution in [1.29, 1.82) is 0 Å². The number of hydrogen-bond acceptors (Lipinski definition) is 10. The van der Waals surface area contributed by atoms with Crippen LogP contribution in [0.1, 0.15) is 69.9 Å². The van der Waals surface area contributed by atoms with Crippen LogP contribution in [0.15, 0.2) is 24.0 Å². The molecule has 0 spiro atoms. The molecule has 0 fully saturated rings.